The predicted molar refractivity (Wildman–Crippen MR) is 104 cm³/mol. The quantitative estimate of drug-likeness (QED) is 0.717. The number of aryl methyl sites for hydroxylation is 1. The first kappa shape index (κ1) is 17.5. The van der Waals surface area contributed by atoms with Gasteiger partial charge in [-0.1, -0.05) is 18.2 Å². The fourth-order valence-electron chi connectivity index (χ4n) is 3.72. The second kappa shape index (κ2) is 6.99. The first-order valence-electron chi connectivity index (χ1n) is 9.31. The molecule has 0 fully saturated rings. The summed E-state index contributed by atoms with van der Waals surface area (Å²) in [6, 6.07) is 14.1. The summed E-state index contributed by atoms with van der Waals surface area (Å²) in [5, 5.41) is 3.00. The average molecular weight is 364 g/mol. The zero-order valence-electron chi connectivity index (χ0n) is 15.9. The lowest BCUT2D eigenvalue weighted by molar-refractivity contribution is 0.0933. The van der Waals surface area contributed by atoms with E-state index >= 15 is 0 Å². The van der Waals surface area contributed by atoms with Crippen molar-refractivity contribution in [3.05, 3.63) is 77.1 Å². The Balaban J connectivity index is 1.50. The third-order valence-electron chi connectivity index (χ3n) is 5.19. The molecule has 2 unspecified atom stereocenters. The first-order chi connectivity index (χ1) is 13.0. The van der Waals surface area contributed by atoms with Crippen molar-refractivity contribution in [2.24, 2.45) is 0 Å². The highest BCUT2D eigenvalue weighted by molar-refractivity contribution is 5.95. The summed E-state index contributed by atoms with van der Waals surface area (Å²) in [6.45, 7) is 6.57. The lowest BCUT2D eigenvalue weighted by atomic mass is 10.1. The maximum Gasteiger partial charge on any atom is 0.255 e. The van der Waals surface area contributed by atoms with Gasteiger partial charge in [0.05, 0.1) is 24.4 Å². The summed E-state index contributed by atoms with van der Waals surface area (Å²) in [6.07, 6.45) is 2.59. The number of hydrogen-bond acceptors (Lipinski definition) is 4. The highest BCUT2D eigenvalue weighted by atomic mass is 16.3. The van der Waals surface area contributed by atoms with Gasteiger partial charge in [0, 0.05) is 11.7 Å². The third-order valence-corrected chi connectivity index (χ3v) is 5.19. The second-order valence-electron chi connectivity index (χ2n) is 7.21. The lowest BCUT2D eigenvalue weighted by Crippen LogP contribution is -2.31. The van der Waals surface area contributed by atoms with Gasteiger partial charge in [-0.15, -0.1) is 0 Å². The van der Waals surface area contributed by atoms with Crippen molar-refractivity contribution in [2.75, 3.05) is 4.90 Å². The number of furan rings is 2. The number of nitrogens with one attached hydrogen (secondary N) is 1. The Morgan fingerprint density at radius 1 is 1.26 bits per heavy atom. The Kier molecular flexibility index (Phi) is 4.52. The predicted octanol–water partition coefficient (Wildman–Crippen LogP) is 4.62. The maximum absolute atomic E-state index is 12.8. The molecule has 4 rings (SSSR count). The van der Waals surface area contributed by atoms with Crippen molar-refractivity contribution < 1.29 is 13.6 Å². The zero-order chi connectivity index (χ0) is 19.0. The molecule has 1 aliphatic rings. The molecule has 1 N–H and O–H groups in total. The Morgan fingerprint density at radius 3 is 2.85 bits per heavy atom. The molecule has 1 aliphatic heterocycles. The highest BCUT2D eigenvalue weighted by Crippen LogP contribution is 2.33. The van der Waals surface area contributed by atoms with Gasteiger partial charge in [-0.05, 0) is 57.0 Å². The molecule has 1 aromatic carbocycles. The Labute approximate surface area is 159 Å². The zero-order valence-corrected chi connectivity index (χ0v) is 15.9. The number of carbonyl (C=O) groups excluding carboxylic acids is 1. The van der Waals surface area contributed by atoms with Crippen LogP contribution in [-0.2, 0) is 13.0 Å². The Morgan fingerprint density at radius 2 is 2.07 bits per heavy atom. The number of anilines is 1. The van der Waals surface area contributed by atoms with E-state index in [-0.39, 0.29) is 11.9 Å². The van der Waals surface area contributed by atoms with Crippen LogP contribution in [0.2, 0.25) is 0 Å². The fraction of sp³-hybridized carbons (Fsp3) is 0.318. The summed E-state index contributed by atoms with van der Waals surface area (Å²) in [5.41, 5.74) is 3.12. The Hall–Kier alpha value is -2.95. The number of carbonyl (C=O) groups is 1. The molecule has 0 saturated heterocycles. The molecule has 2 aromatic heterocycles. The van der Waals surface area contributed by atoms with Crippen LogP contribution in [0.25, 0.3) is 0 Å². The van der Waals surface area contributed by atoms with Crippen LogP contribution in [0, 0.1) is 6.92 Å². The number of hydrogen-bond donors (Lipinski definition) is 1. The molecule has 3 heterocycles. The van der Waals surface area contributed by atoms with Crippen LogP contribution in [0.15, 0.2) is 57.6 Å². The molecule has 5 heteroatoms. The van der Waals surface area contributed by atoms with Crippen LogP contribution < -0.4 is 10.2 Å². The van der Waals surface area contributed by atoms with E-state index in [2.05, 4.69) is 35.3 Å². The minimum absolute atomic E-state index is 0.152. The summed E-state index contributed by atoms with van der Waals surface area (Å²) >= 11 is 0. The van der Waals surface area contributed by atoms with E-state index in [1.807, 2.05) is 32.0 Å². The highest BCUT2D eigenvalue weighted by Gasteiger charge is 2.28. The summed E-state index contributed by atoms with van der Waals surface area (Å²) in [4.78, 5) is 15.1. The molecule has 3 aromatic rings. The number of amides is 1. The molecule has 2 atom stereocenters. The van der Waals surface area contributed by atoms with Gasteiger partial charge in [0.15, 0.2) is 0 Å². The van der Waals surface area contributed by atoms with Gasteiger partial charge in [-0.2, -0.15) is 0 Å². The molecule has 0 bridgehead atoms. The molecule has 27 heavy (non-hydrogen) atoms. The van der Waals surface area contributed by atoms with Gasteiger partial charge in [0.25, 0.3) is 5.91 Å². The Bertz CT molecular complexity index is 956. The van der Waals surface area contributed by atoms with E-state index in [1.54, 1.807) is 12.3 Å². The summed E-state index contributed by atoms with van der Waals surface area (Å²) in [5.74, 6) is 2.10. The van der Waals surface area contributed by atoms with Crippen molar-refractivity contribution in [2.45, 2.75) is 45.8 Å². The number of benzene rings is 1. The number of fused-ring (bicyclic) bond motifs is 1. The van der Waals surface area contributed by atoms with Crippen LogP contribution in [-0.4, -0.2) is 11.9 Å². The molecule has 140 valence electrons. The molecule has 1 amide bonds. The number of rotatable bonds is 5. The van der Waals surface area contributed by atoms with Crippen molar-refractivity contribution >= 4 is 11.6 Å². The molecular weight excluding hydrogens is 340 g/mol. The minimum Gasteiger partial charge on any atom is -0.467 e. The van der Waals surface area contributed by atoms with Crippen molar-refractivity contribution in [3.63, 3.8) is 0 Å². The van der Waals surface area contributed by atoms with Gasteiger partial charge >= 0.3 is 0 Å². The van der Waals surface area contributed by atoms with Crippen LogP contribution in [0.1, 0.15) is 53.1 Å². The van der Waals surface area contributed by atoms with Crippen LogP contribution in [0.3, 0.4) is 0 Å². The van der Waals surface area contributed by atoms with E-state index in [0.29, 0.717) is 23.9 Å². The normalized spacial score (nSPS) is 17.0. The van der Waals surface area contributed by atoms with Gasteiger partial charge in [-0.3, -0.25) is 4.79 Å². The standard InChI is InChI=1S/C22H24N2O3/c1-14-12-17-6-4-5-7-19(17)24(14)13-21-18(10-11-26-21)22(25)23-16(3)20-9-8-15(2)27-20/h4-11,14,16H,12-13H2,1-3H3,(H,23,25). The molecule has 0 aliphatic carbocycles. The molecule has 0 radical (unpaired) electrons. The van der Waals surface area contributed by atoms with Crippen LogP contribution in [0.4, 0.5) is 5.69 Å². The minimum atomic E-state index is -0.208. The number of nitrogens with zero attached hydrogens (tertiary/aromatic N) is 1. The van der Waals surface area contributed by atoms with Crippen molar-refractivity contribution in [3.8, 4) is 0 Å². The molecular formula is C22H24N2O3. The van der Waals surface area contributed by atoms with E-state index in [0.717, 1.165) is 17.9 Å². The van der Waals surface area contributed by atoms with E-state index in [4.69, 9.17) is 8.83 Å². The van der Waals surface area contributed by atoms with Gasteiger partial charge in [0.1, 0.15) is 17.3 Å². The fourth-order valence-corrected chi connectivity index (χ4v) is 3.72. The third kappa shape index (κ3) is 3.37. The smallest absolute Gasteiger partial charge is 0.255 e. The summed E-state index contributed by atoms with van der Waals surface area (Å²) in [7, 11) is 0. The second-order valence-corrected chi connectivity index (χ2v) is 7.21. The first-order valence-corrected chi connectivity index (χ1v) is 9.31. The number of para-hydroxylation sites is 1. The van der Waals surface area contributed by atoms with Gasteiger partial charge < -0.3 is 19.1 Å². The van der Waals surface area contributed by atoms with Crippen LogP contribution in [0.5, 0.6) is 0 Å². The summed E-state index contributed by atoms with van der Waals surface area (Å²) < 4.78 is 11.3. The lowest BCUT2D eigenvalue weighted by Gasteiger charge is -2.24. The SMILES string of the molecule is Cc1ccc(C(C)NC(=O)c2ccoc2CN2c3ccccc3CC2C)o1. The van der Waals surface area contributed by atoms with Gasteiger partial charge in [-0.25, -0.2) is 0 Å². The van der Waals surface area contributed by atoms with E-state index < -0.39 is 0 Å². The topological polar surface area (TPSA) is 58.6 Å². The molecule has 0 spiro atoms. The van der Waals surface area contributed by atoms with E-state index in [9.17, 15) is 4.79 Å². The average Bonchev–Trinajstić information content (AvgIpc) is 3.35. The largest absolute Gasteiger partial charge is 0.467 e. The maximum atomic E-state index is 12.8. The van der Waals surface area contributed by atoms with Crippen LogP contribution >= 0.6 is 0 Å². The molecule has 0 saturated carbocycles. The molecule has 5 nitrogen and oxygen atoms in total. The monoisotopic (exact) mass is 364 g/mol. The van der Waals surface area contributed by atoms with E-state index in [1.165, 1.54) is 11.3 Å². The van der Waals surface area contributed by atoms with Crippen molar-refractivity contribution in [1.29, 1.82) is 0 Å². The van der Waals surface area contributed by atoms with Gasteiger partial charge in [0.2, 0.25) is 0 Å². The van der Waals surface area contributed by atoms with Crippen molar-refractivity contribution in [1.82, 2.24) is 5.32 Å².